The van der Waals surface area contributed by atoms with Crippen LogP contribution in [0.3, 0.4) is 0 Å². The summed E-state index contributed by atoms with van der Waals surface area (Å²) >= 11 is 1.91. The van der Waals surface area contributed by atoms with Crippen molar-refractivity contribution in [1.82, 2.24) is 4.98 Å². The summed E-state index contributed by atoms with van der Waals surface area (Å²) in [6, 6.07) is 2.11. The molecule has 0 radical (unpaired) electrons. The van der Waals surface area contributed by atoms with Gasteiger partial charge in [0.2, 0.25) is 0 Å². The fourth-order valence-corrected chi connectivity index (χ4v) is 2.05. The summed E-state index contributed by atoms with van der Waals surface area (Å²) in [4.78, 5) is 5.41. The molecule has 0 amide bonds. The van der Waals surface area contributed by atoms with Crippen molar-refractivity contribution in [1.29, 1.82) is 0 Å². The minimum atomic E-state index is 1.22. The Morgan fingerprint density at radius 3 is 3.44 bits per heavy atom. The van der Waals surface area contributed by atoms with Crippen LogP contribution in [0.15, 0.2) is 23.4 Å². The average Bonchev–Trinajstić information content (AvgIpc) is 2.33. The number of thioether (sulfide) groups is 1. The summed E-state index contributed by atoms with van der Waals surface area (Å²) in [7, 11) is 0. The van der Waals surface area contributed by atoms with E-state index in [0.29, 0.717) is 0 Å². The first-order chi connectivity index (χ1) is 4.47. The van der Waals surface area contributed by atoms with Crippen molar-refractivity contribution in [3.8, 4) is 0 Å². The maximum atomic E-state index is 4.04. The number of nitrogens with zero attached hydrogens (tertiary/aromatic N) is 1. The first-order valence-corrected chi connectivity index (χ1v) is 4.01. The van der Waals surface area contributed by atoms with E-state index in [0.717, 1.165) is 0 Å². The topological polar surface area (TPSA) is 12.9 Å². The quantitative estimate of drug-likeness (QED) is 0.540. The molecule has 9 heavy (non-hydrogen) atoms. The molecule has 1 nitrogen and oxygen atoms in total. The van der Waals surface area contributed by atoms with Crippen LogP contribution < -0.4 is 0 Å². The van der Waals surface area contributed by atoms with Crippen molar-refractivity contribution in [2.45, 2.75) is 11.3 Å². The minimum Gasteiger partial charge on any atom is -0.264 e. The first kappa shape index (κ1) is 5.30. The number of aromatic nitrogens is 1. The van der Waals surface area contributed by atoms with Crippen LogP contribution in [0.1, 0.15) is 5.56 Å². The standard InChI is InChI=1S/C7H7NS/c1-3-8-5-7-6(1)2-4-9-7/h1,3,5H,2,4H2. The highest BCUT2D eigenvalue weighted by Crippen LogP contribution is 2.29. The van der Waals surface area contributed by atoms with Gasteiger partial charge in [0.15, 0.2) is 0 Å². The molecule has 0 aromatic carbocycles. The second-order valence-electron chi connectivity index (χ2n) is 2.08. The molecule has 0 atom stereocenters. The van der Waals surface area contributed by atoms with Crippen molar-refractivity contribution >= 4 is 11.8 Å². The van der Waals surface area contributed by atoms with E-state index < -0.39 is 0 Å². The monoisotopic (exact) mass is 137 g/mol. The van der Waals surface area contributed by atoms with Gasteiger partial charge in [-0.05, 0) is 18.1 Å². The van der Waals surface area contributed by atoms with Crippen LogP contribution in [0.2, 0.25) is 0 Å². The molecule has 2 rings (SSSR count). The maximum absolute atomic E-state index is 4.04. The average molecular weight is 137 g/mol. The molecule has 0 fully saturated rings. The van der Waals surface area contributed by atoms with Gasteiger partial charge in [0, 0.05) is 23.0 Å². The molecule has 2 heterocycles. The van der Waals surface area contributed by atoms with E-state index in [1.54, 1.807) is 0 Å². The van der Waals surface area contributed by atoms with Gasteiger partial charge < -0.3 is 0 Å². The number of aryl methyl sites for hydroxylation is 1. The van der Waals surface area contributed by atoms with Crippen molar-refractivity contribution in [3.63, 3.8) is 0 Å². The molecule has 0 bridgehead atoms. The van der Waals surface area contributed by atoms with E-state index in [1.807, 2.05) is 24.2 Å². The van der Waals surface area contributed by atoms with E-state index >= 15 is 0 Å². The molecular formula is C7H7NS. The van der Waals surface area contributed by atoms with Gasteiger partial charge in [0.1, 0.15) is 0 Å². The molecule has 1 aromatic rings. The zero-order valence-electron chi connectivity index (χ0n) is 5.00. The van der Waals surface area contributed by atoms with E-state index in [1.165, 1.54) is 22.6 Å². The zero-order chi connectivity index (χ0) is 6.10. The predicted molar refractivity (Wildman–Crippen MR) is 38.7 cm³/mol. The van der Waals surface area contributed by atoms with Crippen LogP contribution in [0.4, 0.5) is 0 Å². The molecule has 0 N–H and O–H groups in total. The van der Waals surface area contributed by atoms with Gasteiger partial charge in [-0.2, -0.15) is 0 Å². The molecule has 0 aliphatic carbocycles. The Labute approximate surface area is 58.5 Å². The van der Waals surface area contributed by atoms with Gasteiger partial charge in [0.25, 0.3) is 0 Å². The highest BCUT2D eigenvalue weighted by Gasteiger charge is 2.08. The second-order valence-corrected chi connectivity index (χ2v) is 3.22. The Kier molecular flexibility index (Phi) is 1.19. The van der Waals surface area contributed by atoms with E-state index in [2.05, 4.69) is 11.1 Å². The third-order valence-electron chi connectivity index (χ3n) is 1.50. The Morgan fingerprint density at radius 1 is 1.56 bits per heavy atom. The third kappa shape index (κ3) is 0.833. The van der Waals surface area contributed by atoms with Gasteiger partial charge in [-0.15, -0.1) is 11.8 Å². The summed E-state index contributed by atoms with van der Waals surface area (Å²) in [6.45, 7) is 0. The molecular weight excluding hydrogens is 130 g/mol. The number of rotatable bonds is 0. The number of fused-ring (bicyclic) bond motifs is 1. The van der Waals surface area contributed by atoms with E-state index in [4.69, 9.17) is 0 Å². The zero-order valence-corrected chi connectivity index (χ0v) is 5.82. The summed E-state index contributed by atoms with van der Waals surface area (Å²) in [6.07, 6.45) is 5.04. The normalized spacial score (nSPS) is 15.6. The van der Waals surface area contributed by atoms with Gasteiger partial charge in [-0.1, -0.05) is 0 Å². The first-order valence-electron chi connectivity index (χ1n) is 3.02. The largest absolute Gasteiger partial charge is 0.264 e. The van der Waals surface area contributed by atoms with Crippen LogP contribution in [0.5, 0.6) is 0 Å². The molecule has 0 spiro atoms. The minimum absolute atomic E-state index is 1.22. The summed E-state index contributed by atoms with van der Waals surface area (Å²) in [5.41, 5.74) is 1.47. The predicted octanol–water partition coefficient (Wildman–Crippen LogP) is 1.73. The molecule has 0 saturated carbocycles. The molecule has 1 aliphatic heterocycles. The lowest BCUT2D eigenvalue weighted by Crippen LogP contribution is -1.79. The lowest BCUT2D eigenvalue weighted by Gasteiger charge is -1.91. The van der Waals surface area contributed by atoms with Crippen LogP contribution in [-0.2, 0) is 6.42 Å². The third-order valence-corrected chi connectivity index (χ3v) is 2.59. The van der Waals surface area contributed by atoms with Crippen molar-refractivity contribution in [2.24, 2.45) is 0 Å². The number of hydrogen-bond acceptors (Lipinski definition) is 2. The molecule has 0 saturated heterocycles. The Morgan fingerprint density at radius 2 is 2.56 bits per heavy atom. The lowest BCUT2D eigenvalue weighted by molar-refractivity contribution is 1.10. The fraction of sp³-hybridized carbons (Fsp3) is 0.286. The Bertz CT molecular complexity index is 199. The summed E-state index contributed by atoms with van der Waals surface area (Å²) in [5.74, 6) is 1.24. The Balaban J connectivity index is 2.54. The molecule has 2 heteroatoms. The molecule has 46 valence electrons. The van der Waals surface area contributed by atoms with Gasteiger partial charge in [-0.3, -0.25) is 4.98 Å². The van der Waals surface area contributed by atoms with E-state index in [-0.39, 0.29) is 0 Å². The highest BCUT2D eigenvalue weighted by atomic mass is 32.2. The van der Waals surface area contributed by atoms with Gasteiger partial charge >= 0.3 is 0 Å². The van der Waals surface area contributed by atoms with Gasteiger partial charge in [-0.25, -0.2) is 0 Å². The van der Waals surface area contributed by atoms with Crippen molar-refractivity contribution in [2.75, 3.05) is 5.75 Å². The molecule has 0 unspecified atom stereocenters. The molecule has 1 aliphatic rings. The van der Waals surface area contributed by atoms with Crippen molar-refractivity contribution in [3.05, 3.63) is 24.0 Å². The summed E-state index contributed by atoms with van der Waals surface area (Å²) < 4.78 is 0. The highest BCUT2D eigenvalue weighted by molar-refractivity contribution is 7.99. The number of pyridine rings is 1. The molecule has 1 aromatic heterocycles. The SMILES string of the molecule is c1cc2c(cn1)SCC2. The smallest absolute Gasteiger partial charge is 0.0406 e. The Hall–Kier alpha value is -0.500. The van der Waals surface area contributed by atoms with Crippen LogP contribution in [-0.4, -0.2) is 10.7 Å². The van der Waals surface area contributed by atoms with Crippen LogP contribution in [0, 0.1) is 0 Å². The van der Waals surface area contributed by atoms with Crippen LogP contribution in [0.25, 0.3) is 0 Å². The van der Waals surface area contributed by atoms with Crippen molar-refractivity contribution < 1.29 is 0 Å². The lowest BCUT2D eigenvalue weighted by atomic mass is 10.2. The van der Waals surface area contributed by atoms with Crippen LogP contribution >= 0.6 is 11.8 Å². The maximum Gasteiger partial charge on any atom is 0.0406 e. The number of hydrogen-bond donors (Lipinski definition) is 0. The van der Waals surface area contributed by atoms with E-state index in [9.17, 15) is 0 Å². The summed E-state index contributed by atoms with van der Waals surface area (Å²) in [5, 5.41) is 0. The van der Waals surface area contributed by atoms with Gasteiger partial charge in [0.05, 0.1) is 0 Å². The fourth-order valence-electron chi connectivity index (χ4n) is 1.02. The second kappa shape index (κ2) is 2.03.